The van der Waals surface area contributed by atoms with Crippen LogP contribution in [0.15, 0.2) is 77.9 Å². The molecule has 0 fully saturated rings. The van der Waals surface area contributed by atoms with Gasteiger partial charge in [-0.05, 0) is 78.4 Å². The molecular weight excluding hydrogens is 441 g/mol. The van der Waals surface area contributed by atoms with Crippen LogP contribution in [0.2, 0.25) is 10.0 Å². The van der Waals surface area contributed by atoms with E-state index in [1.165, 1.54) is 6.21 Å². The molecule has 31 heavy (non-hydrogen) atoms. The first-order valence-corrected chi connectivity index (χ1v) is 9.64. The smallest absolute Gasteiger partial charge is 0.343 e. The van der Waals surface area contributed by atoms with Gasteiger partial charge < -0.3 is 10.1 Å². The monoisotopic (exact) mass is 455 g/mol. The molecule has 7 nitrogen and oxygen atoms in total. The van der Waals surface area contributed by atoms with E-state index in [-0.39, 0.29) is 0 Å². The van der Waals surface area contributed by atoms with Crippen LogP contribution in [-0.4, -0.2) is 24.0 Å². The summed E-state index contributed by atoms with van der Waals surface area (Å²) in [6.07, 6.45) is 1.35. The second kappa shape index (κ2) is 10.4. The number of nitrogens with zero attached hydrogens (tertiary/aromatic N) is 1. The maximum Gasteiger partial charge on any atom is 0.343 e. The summed E-state index contributed by atoms with van der Waals surface area (Å²) < 4.78 is 5.28. The summed E-state index contributed by atoms with van der Waals surface area (Å²) in [5, 5.41) is 7.19. The van der Waals surface area contributed by atoms with E-state index >= 15 is 0 Å². The molecule has 3 aromatic rings. The standard InChI is InChI=1S/C22H15Cl2N3O4/c23-16-5-3-15(4-6-16)22(30)31-19-11-1-14(2-12-19)13-25-27-21(29)20(28)26-18-9-7-17(24)8-10-18/h1-13H,(H,26,28)(H,27,29)/b25-13+. The highest BCUT2D eigenvalue weighted by atomic mass is 35.5. The molecule has 0 aromatic heterocycles. The summed E-state index contributed by atoms with van der Waals surface area (Å²) in [6.45, 7) is 0. The maximum atomic E-state index is 12.1. The Morgan fingerprint density at radius 1 is 0.774 bits per heavy atom. The summed E-state index contributed by atoms with van der Waals surface area (Å²) in [5.41, 5.74) is 3.55. The van der Waals surface area contributed by atoms with E-state index in [4.69, 9.17) is 27.9 Å². The Labute approximate surface area is 187 Å². The van der Waals surface area contributed by atoms with Crippen LogP contribution in [0.25, 0.3) is 0 Å². The third-order valence-corrected chi connectivity index (χ3v) is 4.36. The SMILES string of the molecule is O=C(N/N=C/c1ccc(OC(=O)c2ccc(Cl)cc2)cc1)C(=O)Nc1ccc(Cl)cc1. The highest BCUT2D eigenvalue weighted by Crippen LogP contribution is 2.16. The van der Waals surface area contributed by atoms with Crippen LogP contribution in [0.4, 0.5) is 5.69 Å². The van der Waals surface area contributed by atoms with Crippen molar-refractivity contribution in [2.45, 2.75) is 0 Å². The maximum absolute atomic E-state index is 12.1. The molecule has 2 amide bonds. The van der Waals surface area contributed by atoms with Crippen molar-refractivity contribution in [1.82, 2.24) is 5.43 Å². The van der Waals surface area contributed by atoms with Crippen molar-refractivity contribution in [1.29, 1.82) is 0 Å². The average Bonchev–Trinajstić information content (AvgIpc) is 2.77. The minimum absolute atomic E-state index is 0.337. The second-order valence-corrected chi connectivity index (χ2v) is 7.00. The number of esters is 1. The van der Waals surface area contributed by atoms with Gasteiger partial charge in [-0.15, -0.1) is 0 Å². The molecular formula is C22H15Cl2N3O4. The van der Waals surface area contributed by atoms with Gasteiger partial charge in [0.05, 0.1) is 11.8 Å². The first kappa shape index (κ1) is 22.0. The number of hydrogen-bond acceptors (Lipinski definition) is 5. The van der Waals surface area contributed by atoms with Gasteiger partial charge in [-0.1, -0.05) is 23.2 Å². The van der Waals surface area contributed by atoms with Crippen LogP contribution < -0.4 is 15.5 Å². The van der Waals surface area contributed by atoms with Crippen molar-refractivity contribution in [3.8, 4) is 5.75 Å². The minimum Gasteiger partial charge on any atom is -0.423 e. The van der Waals surface area contributed by atoms with E-state index in [9.17, 15) is 14.4 Å². The van der Waals surface area contributed by atoms with Crippen LogP contribution in [0.5, 0.6) is 5.75 Å². The third kappa shape index (κ3) is 6.67. The topological polar surface area (TPSA) is 96.9 Å². The second-order valence-electron chi connectivity index (χ2n) is 6.13. The number of ether oxygens (including phenoxy) is 1. The number of amides is 2. The largest absolute Gasteiger partial charge is 0.423 e. The fourth-order valence-electron chi connectivity index (χ4n) is 2.31. The Morgan fingerprint density at radius 3 is 1.97 bits per heavy atom. The highest BCUT2D eigenvalue weighted by molar-refractivity contribution is 6.39. The van der Waals surface area contributed by atoms with Crippen LogP contribution in [0.1, 0.15) is 15.9 Å². The molecule has 0 radical (unpaired) electrons. The summed E-state index contributed by atoms with van der Waals surface area (Å²) in [6, 6.07) is 19.1. The molecule has 156 valence electrons. The Kier molecular flexibility index (Phi) is 7.37. The molecule has 2 N–H and O–H groups in total. The Bertz CT molecular complexity index is 1110. The zero-order valence-corrected chi connectivity index (χ0v) is 17.4. The average molecular weight is 456 g/mol. The van der Waals surface area contributed by atoms with Gasteiger partial charge in [0, 0.05) is 15.7 Å². The van der Waals surface area contributed by atoms with E-state index in [1.807, 2.05) is 0 Å². The number of anilines is 1. The Hall–Kier alpha value is -3.68. The first-order valence-electron chi connectivity index (χ1n) is 8.88. The molecule has 0 atom stereocenters. The molecule has 0 bridgehead atoms. The number of hydrazone groups is 1. The quantitative estimate of drug-likeness (QED) is 0.197. The van der Waals surface area contributed by atoms with E-state index < -0.39 is 17.8 Å². The zero-order chi connectivity index (χ0) is 22.2. The molecule has 0 spiro atoms. The van der Waals surface area contributed by atoms with E-state index in [0.717, 1.165) is 0 Å². The van der Waals surface area contributed by atoms with Crippen LogP contribution in [0.3, 0.4) is 0 Å². The predicted octanol–water partition coefficient (Wildman–Crippen LogP) is 4.30. The number of nitrogens with one attached hydrogen (secondary N) is 2. The lowest BCUT2D eigenvalue weighted by Crippen LogP contribution is -2.32. The van der Waals surface area contributed by atoms with Gasteiger partial charge in [0.2, 0.25) is 0 Å². The first-order chi connectivity index (χ1) is 14.9. The molecule has 0 aliphatic rings. The van der Waals surface area contributed by atoms with Crippen molar-refractivity contribution in [3.63, 3.8) is 0 Å². The predicted molar refractivity (Wildman–Crippen MR) is 119 cm³/mol. The summed E-state index contributed by atoms with van der Waals surface area (Å²) in [4.78, 5) is 35.7. The molecule has 0 aliphatic carbocycles. The molecule has 0 saturated heterocycles. The van der Waals surface area contributed by atoms with Gasteiger partial charge in [-0.3, -0.25) is 9.59 Å². The molecule has 0 unspecified atom stereocenters. The number of rotatable bonds is 5. The fraction of sp³-hybridized carbons (Fsp3) is 0. The van der Waals surface area contributed by atoms with Crippen molar-refractivity contribution >= 4 is 52.9 Å². The number of carbonyl (C=O) groups is 3. The number of carbonyl (C=O) groups excluding carboxylic acids is 3. The van der Waals surface area contributed by atoms with Gasteiger partial charge in [0.25, 0.3) is 0 Å². The Morgan fingerprint density at radius 2 is 1.35 bits per heavy atom. The van der Waals surface area contributed by atoms with E-state index in [0.29, 0.717) is 32.6 Å². The number of halogens is 2. The van der Waals surface area contributed by atoms with Gasteiger partial charge in [0.1, 0.15) is 5.75 Å². The van der Waals surface area contributed by atoms with Crippen molar-refractivity contribution in [2.75, 3.05) is 5.32 Å². The number of hydrogen-bond donors (Lipinski definition) is 2. The van der Waals surface area contributed by atoms with Gasteiger partial charge >= 0.3 is 17.8 Å². The lowest BCUT2D eigenvalue weighted by molar-refractivity contribution is -0.136. The molecule has 9 heteroatoms. The van der Waals surface area contributed by atoms with Crippen LogP contribution in [-0.2, 0) is 9.59 Å². The third-order valence-electron chi connectivity index (χ3n) is 3.86. The summed E-state index contributed by atoms with van der Waals surface area (Å²) >= 11 is 11.6. The molecule has 0 heterocycles. The molecule has 3 aromatic carbocycles. The number of benzene rings is 3. The normalized spacial score (nSPS) is 10.5. The highest BCUT2D eigenvalue weighted by Gasteiger charge is 2.12. The van der Waals surface area contributed by atoms with Gasteiger partial charge in [-0.2, -0.15) is 5.10 Å². The fourth-order valence-corrected chi connectivity index (χ4v) is 2.56. The summed E-state index contributed by atoms with van der Waals surface area (Å²) in [5.74, 6) is -1.98. The van der Waals surface area contributed by atoms with Gasteiger partial charge in [-0.25, -0.2) is 10.2 Å². The summed E-state index contributed by atoms with van der Waals surface area (Å²) in [7, 11) is 0. The molecule has 0 aliphatic heterocycles. The van der Waals surface area contributed by atoms with Crippen molar-refractivity contribution < 1.29 is 19.1 Å². The van der Waals surface area contributed by atoms with Crippen molar-refractivity contribution in [3.05, 3.63) is 94.0 Å². The van der Waals surface area contributed by atoms with Crippen LogP contribution in [0, 0.1) is 0 Å². The lowest BCUT2D eigenvalue weighted by Gasteiger charge is -2.05. The minimum atomic E-state index is -0.931. The molecule has 0 saturated carbocycles. The Balaban J connectivity index is 1.50. The molecule has 3 rings (SSSR count). The van der Waals surface area contributed by atoms with Crippen LogP contribution >= 0.6 is 23.2 Å². The van der Waals surface area contributed by atoms with E-state index in [2.05, 4.69) is 15.8 Å². The van der Waals surface area contributed by atoms with E-state index in [1.54, 1.807) is 72.8 Å². The zero-order valence-electron chi connectivity index (χ0n) is 15.8. The van der Waals surface area contributed by atoms with Crippen molar-refractivity contribution in [2.24, 2.45) is 5.10 Å². The van der Waals surface area contributed by atoms with Gasteiger partial charge in [0.15, 0.2) is 0 Å². The lowest BCUT2D eigenvalue weighted by atomic mass is 10.2.